The quantitative estimate of drug-likeness (QED) is 0.320. The van der Waals surface area contributed by atoms with Crippen molar-refractivity contribution in [3.05, 3.63) is 24.3 Å². The van der Waals surface area contributed by atoms with Crippen molar-refractivity contribution in [1.82, 2.24) is 14.7 Å². The molecule has 7 nitrogen and oxygen atoms in total. The number of nitrogens with zero attached hydrogens (tertiary/aromatic N) is 3. The van der Waals surface area contributed by atoms with Gasteiger partial charge in [0.15, 0.2) is 0 Å². The highest BCUT2D eigenvalue weighted by molar-refractivity contribution is 8.02. The molecule has 2 fully saturated rings. The van der Waals surface area contributed by atoms with E-state index in [0.717, 1.165) is 38.5 Å². The lowest BCUT2D eigenvalue weighted by molar-refractivity contribution is -0.147. The fourth-order valence-corrected chi connectivity index (χ4v) is 9.59. The van der Waals surface area contributed by atoms with Gasteiger partial charge in [0, 0.05) is 43.6 Å². The maximum Gasteiger partial charge on any atom is 0.247 e. The summed E-state index contributed by atoms with van der Waals surface area (Å²) >= 11 is 1.67. The first-order valence-electron chi connectivity index (χ1n) is 14.9. The van der Waals surface area contributed by atoms with Crippen molar-refractivity contribution in [3.63, 3.8) is 0 Å². The number of aliphatic hydroxyl groups excluding tert-OH is 1. The normalized spacial score (nSPS) is 30.9. The summed E-state index contributed by atoms with van der Waals surface area (Å²) in [6.45, 7) is 15.4. The minimum atomic E-state index is -0.754. The zero-order valence-corrected chi connectivity index (χ0v) is 25.6. The van der Waals surface area contributed by atoms with Crippen LogP contribution >= 0.6 is 11.8 Å². The molecule has 8 heteroatoms. The molecule has 0 aromatic rings. The van der Waals surface area contributed by atoms with Crippen molar-refractivity contribution in [2.45, 2.75) is 102 Å². The molecule has 4 aliphatic heterocycles. The van der Waals surface area contributed by atoms with Crippen LogP contribution < -0.4 is 0 Å². The second kappa shape index (κ2) is 11.6. The first-order chi connectivity index (χ1) is 18.4. The lowest BCUT2D eigenvalue weighted by Gasteiger charge is -2.44. The third-order valence-electron chi connectivity index (χ3n) is 8.74. The molecule has 5 atom stereocenters. The molecule has 1 spiro atoms. The average Bonchev–Trinajstić information content (AvgIpc) is 3.14. The SMILES string of the molecule is CCCN1CC=C[C@H]2S[C@]34C=CCN(C(C)(C)CC(C)(C)C)C(=O)C3N(CCCCCCO)C(=O)[C@@H]4[C@H]2C1=O. The predicted molar refractivity (Wildman–Crippen MR) is 157 cm³/mol. The van der Waals surface area contributed by atoms with E-state index in [1.54, 1.807) is 11.8 Å². The Bertz CT molecular complexity index is 1000. The van der Waals surface area contributed by atoms with Crippen LogP contribution in [0.25, 0.3) is 0 Å². The number of hydrogen-bond acceptors (Lipinski definition) is 5. The number of aliphatic hydroxyl groups is 1. The molecular formula is C31H49N3O4S. The minimum Gasteiger partial charge on any atom is -0.396 e. The molecule has 0 aromatic carbocycles. The monoisotopic (exact) mass is 559 g/mol. The molecule has 0 saturated carbocycles. The number of rotatable bonds is 10. The summed E-state index contributed by atoms with van der Waals surface area (Å²) in [6, 6.07) is -0.622. The average molecular weight is 560 g/mol. The fraction of sp³-hybridized carbons (Fsp3) is 0.774. The van der Waals surface area contributed by atoms with Gasteiger partial charge < -0.3 is 19.8 Å². The lowest BCUT2D eigenvalue weighted by Crippen LogP contribution is -2.58. The summed E-state index contributed by atoms with van der Waals surface area (Å²) in [4.78, 5) is 48.6. The van der Waals surface area contributed by atoms with E-state index in [1.165, 1.54) is 0 Å². The van der Waals surface area contributed by atoms with Crippen LogP contribution in [-0.2, 0) is 14.4 Å². The van der Waals surface area contributed by atoms with E-state index in [0.29, 0.717) is 26.2 Å². The number of unbranched alkanes of at least 4 members (excludes halogenated alkanes) is 3. The molecule has 1 unspecified atom stereocenters. The number of fused-ring (bicyclic) bond motifs is 2. The first kappa shape index (κ1) is 30.2. The molecule has 0 aromatic heterocycles. The predicted octanol–water partition coefficient (Wildman–Crippen LogP) is 4.26. The summed E-state index contributed by atoms with van der Waals surface area (Å²) in [5, 5.41) is 9.07. The zero-order chi connectivity index (χ0) is 28.6. The fourth-order valence-electron chi connectivity index (χ4n) is 7.59. The van der Waals surface area contributed by atoms with E-state index in [2.05, 4.69) is 65.8 Å². The molecule has 39 heavy (non-hydrogen) atoms. The van der Waals surface area contributed by atoms with Crippen molar-refractivity contribution in [1.29, 1.82) is 0 Å². The van der Waals surface area contributed by atoms with Gasteiger partial charge in [-0.05, 0) is 44.9 Å². The maximum atomic E-state index is 14.6. The van der Waals surface area contributed by atoms with E-state index < -0.39 is 22.6 Å². The van der Waals surface area contributed by atoms with Gasteiger partial charge in [-0.2, -0.15) is 0 Å². The molecule has 4 aliphatic rings. The van der Waals surface area contributed by atoms with Crippen molar-refractivity contribution in [2.24, 2.45) is 17.3 Å². The van der Waals surface area contributed by atoms with Crippen molar-refractivity contribution < 1.29 is 19.5 Å². The molecule has 218 valence electrons. The zero-order valence-electron chi connectivity index (χ0n) is 24.8. The molecule has 0 aliphatic carbocycles. The Hall–Kier alpha value is -1.80. The molecule has 4 heterocycles. The number of carbonyl (C=O) groups excluding carboxylic acids is 3. The third-order valence-corrected chi connectivity index (χ3v) is 10.5. The highest BCUT2D eigenvalue weighted by Crippen LogP contribution is 2.61. The number of amides is 3. The first-order valence-corrected chi connectivity index (χ1v) is 15.8. The van der Waals surface area contributed by atoms with Gasteiger partial charge in [0.25, 0.3) is 0 Å². The van der Waals surface area contributed by atoms with Gasteiger partial charge in [0.1, 0.15) is 6.04 Å². The summed E-state index contributed by atoms with van der Waals surface area (Å²) in [5.41, 5.74) is -0.354. The van der Waals surface area contributed by atoms with Crippen LogP contribution in [0.3, 0.4) is 0 Å². The Balaban J connectivity index is 1.74. The lowest BCUT2D eigenvalue weighted by atomic mass is 9.77. The molecule has 2 saturated heterocycles. The summed E-state index contributed by atoms with van der Waals surface area (Å²) in [5.74, 6) is -0.994. The van der Waals surface area contributed by atoms with E-state index >= 15 is 0 Å². The van der Waals surface area contributed by atoms with Crippen LogP contribution in [0.2, 0.25) is 0 Å². The number of hydrogen-bond donors (Lipinski definition) is 1. The Labute approximate surface area is 239 Å². The highest BCUT2D eigenvalue weighted by atomic mass is 32.2. The largest absolute Gasteiger partial charge is 0.396 e. The van der Waals surface area contributed by atoms with E-state index in [-0.39, 0.29) is 40.5 Å². The standard InChI is InChI=1S/C31H49N3O4S/c1-7-16-32-17-12-14-22-23(26(32)36)24-27(37)33(18-10-8-9-11-20-35)25-28(38)34(19-13-15-31(24,25)39-22)30(5,6)21-29(2,3)4/h12-15,22-25,35H,7-11,16-21H2,1-6H3/t22-,23+,24+,25?,31+/m1/s1. The molecule has 1 N–H and O–H groups in total. The smallest absolute Gasteiger partial charge is 0.247 e. The molecule has 0 radical (unpaired) electrons. The maximum absolute atomic E-state index is 14.6. The van der Waals surface area contributed by atoms with Gasteiger partial charge in [-0.15, -0.1) is 11.8 Å². The van der Waals surface area contributed by atoms with Crippen LogP contribution in [0, 0.1) is 17.3 Å². The summed E-state index contributed by atoms with van der Waals surface area (Å²) in [6.07, 6.45) is 13.4. The third kappa shape index (κ3) is 5.70. The van der Waals surface area contributed by atoms with E-state index in [9.17, 15) is 19.5 Å². The van der Waals surface area contributed by atoms with E-state index in [1.807, 2.05) is 14.7 Å². The second-order valence-electron chi connectivity index (χ2n) is 13.6. The van der Waals surface area contributed by atoms with Crippen LogP contribution in [0.4, 0.5) is 0 Å². The highest BCUT2D eigenvalue weighted by Gasteiger charge is 2.71. The van der Waals surface area contributed by atoms with Crippen LogP contribution in [0.15, 0.2) is 24.3 Å². The van der Waals surface area contributed by atoms with Crippen molar-refractivity contribution >= 4 is 29.5 Å². The van der Waals surface area contributed by atoms with Gasteiger partial charge >= 0.3 is 0 Å². The second-order valence-corrected chi connectivity index (χ2v) is 15.1. The Morgan fingerprint density at radius 2 is 1.67 bits per heavy atom. The molecular weight excluding hydrogens is 510 g/mol. The number of thioether (sulfide) groups is 1. The van der Waals surface area contributed by atoms with Crippen LogP contribution in [0.1, 0.15) is 80.1 Å². The number of carbonyl (C=O) groups is 3. The van der Waals surface area contributed by atoms with Crippen molar-refractivity contribution in [3.8, 4) is 0 Å². The Kier molecular flexibility index (Phi) is 8.97. The van der Waals surface area contributed by atoms with Gasteiger partial charge in [-0.3, -0.25) is 14.4 Å². The summed E-state index contributed by atoms with van der Waals surface area (Å²) in [7, 11) is 0. The van der Waals surface area contributed by atoms with Crippen LogP contribution in [-0.4, -0.2) is 91.9 Å². The van der Waals surface area contributed by atoms with Crippen LogP contribution in [0.5, 0.6) is 0 Å². The topological polar surface area (TPSA) is 81.2 Å². The van der Waals surface area contributed by atoms with Gasteiger partial charge in [0.2, 0.25) is 17.7 Å². The van der Waals surface area contributed by atoms with E-state index in [4.69, 9.17) is 0 Å². The number of likely N-dealkylation sites (tertiary alicyclic amines) is 1. The summed E-state index contributed by atoms with van der Waals surface area (Å²) < 4.78 is -0.754. The van der Waals surface area contributed by atoms with Gasteiger partial charge in [-0.25, -0.2) is 0 Å². The Morgan fingerprint density at radius 1 is 0.949 bits per heavy atom. The minimum absolute atomic E-state index is 0.00580. The van der Waals surface area contributed by atoms with Gasteiger partial charge in [-0.1, -0.05) is 64.8 Å². The molecule has 0 bridgehead atoms. The molecule has 3 amide bonds. The Morgan fingerprint density at radius 3 is 2.33 bits per heavy atom. The molecule has 4 rings (SSSR count). The van der Waals surface area contributed by atoms with Gasteiger partial charge in [0.05, 0.1) is 16.6 Å². The van der Waals surface area contributed by atoms with Crippen molar-refractivity contribution in [2.75, 3.05) is 32.8 Å².